The monoisotopic (exact) mass is 702 g/mol. The first-order chi connectivity index (χ1) is 27.3. The number of rotatable bonds is 7. The number of hydrogen-bond donors (Lipinski definition) is 0. The summed E-state index contributed by atoms with van der Waals surface area (Å²) >= 11 is 0. The first-order valence-electron chi connectivity index (χ1n) is 19.0. The minimum Gasteiger partial charge on any atom is -0.416 e. The van der Waals surface area contributed by atoms with Crippen molar-refractivity contribution < 1.29 is 0 Å². The van der Waals surface area contributed by atoms with Gasteiger partial charge in [-0.05, 0) is 77.1 Å². The lowest BCUT2D eigenvalue weighted by molar-refractivity contribution is 1.18. The largest absolute Gasteiger partial charge is 0.416 e. The first-order valence-corrected chi connectivity index (χ1v) is 19.0. The van der Waals surface area contributed by atoms with Gasteiger partial charge in [-0.2, -0.15) is 0 Å². The van der Waals surface area contributed by atoms with Crippen LogP contribution in [0.3, 0.4) is 0 Å². The molecule has 7 heteroatoms. The SMILES string of the molecule is c1ccc(B2N(c3ccccc3)B(c3ccccc3)N(c3ccc(-n4c5ccccc5c5ccccc54)cc3)B(c3ccccc3)N2c2ccccc2)cc1. The van der Waals surface area contributed by atoms with Crippen LogP contribution in [0.4, 0.5) is 17.1 Å². The van der Waals surface area contributed by atoms with Crippen LogP contribution in [-0.2, 0) is 0 Å². The van der Waals surface area contributed by atoms with E-state index in [1.807, 2.05) is 0 Å². The molecule has 0 atom stereocenters. The highest BCUT2D eigenvalue weighted by molar-refractivity contribution is 7.14. The minimum atomic E-state index is -0.182. The molecule has 9 aromatic rings. The maximum absolute atomic E-state index is 2.62. The maximum atomic E-state index is 2.62. The molecule has 10 rings (SSSR count). The van der Waals surface area contributed by atoms with Crippen molar-refractivity contribution in [2.24, 2.45) is 0 Å². The summed E-state index contributed by atoms with van der Waals surface area (Å²) in [5, 5.41) is 2.52. The lowest BCUT2D eigenvalue weighted by atomic mass is 9.37. The first kappa shape index (κ1) is 32.8. The Hall–Kier alpha value is -6.85. The van der Waals surface area contributed by atoms with Crippen LogP contribution in [0.25, 0.3) is 27.5 Å². The van der Waals surface area contributed by atoms with Crippen molar-refractivity contribution in [2.75, 3.05) is 14.2 Å². The highest BCUT2D eigenvalue weighted by Crippen LogP contribution is 2.36. The molecule has 1 aliphatic rings. The molecule has 1 saturated heterocycles. The third-order valence-corrected chi connectivity index (χ3v) is 11.0. The maximum Gasteiger partial charge on any atom is 0.388 e. The van der Waals surface area contributed by atoms with Gasteiger partial charge in [-0.15, -0.1) is 0 Å². The number of nitrogens with zero attached hydrogens (tertiary/aromatic N) is 4. The van der Waals surface area contributed by atoms with E-state index in [0.29, 0.717) is 0 Å². The van der Waals surface area contributed by atoms with E-state index >= 15 is 0 Å². The summed E-state index contributed by atoms with van der Waals surface area (Å²) in [6, 6.07) is 81.5. The van der Waals surface area contributed by atoms with Gasteiger partial charge in [-0.1, -0.05) is 164 Å². The van der Waals surface area contributed by atoms with Crippen molar-refractivity contribution >= 4 is 76.2 Å². The van der Waals surface area contributed by atoms with E-state index in [1.165, 1.54) is 38.2 Å². The molecule has 1 fully saturated rings. The minimum absolute atomic E-state index is 0.158. The zero-order valence-electron chi connectivity index (χ0n) is 30.4. The molecule has 258 valence electrons. The van der Waals surface area contributed by atoms with Crippen LogP contribution >= 0.6 is 0 Å². The summed E-state index contributed by atoms with van der Waals surface area (Å²) < 4.78 is 10.2. The lowest BCUT2D eigenvalue weighted by Gasteiger charge is -2.57. The molecule has 1 aliphatic heterocycles. The molecule has 0 saturated carbocycles. The summed E-state index contributed by atoms with van der Waals surface area (Å²) in [6.45, 7) is -0.523. The standard InChI is InChI=1S/C48H37B3N4/c1-6-20-38(21-7-1)49-53(42-26-12-4-13-27-42)50(39-22-8-2-9-23-39)55(51(40-24-10-3-11-25-40)54(49)43-28-14-5-15-29-43)44-36-34-41(35-37-44)52-47-32-18-16-30-45(47)46-31-17-19-33-48(46)52/h1-37H. The predicted molar refractivity (Wildman–Crippen MR) is 237 cm³/mol. The van der Waals surface area contributed by atoms with Crippen molar-refractivity contribution in [1.29, 1.82) is 0 Å². The van der Waals surface area contributed by atoms with Crippen LogP contribution in [-0.4, -0.2) is 25.5 Å². The Morgan fingerprint density at radius 1 is 0.236 bits per heavy atom. The fraction of sp³-hybridized carbons (Fsp3) is 0. The van der Waals surface area contributed by atoms with Gasteiger partial charge in [-0.25, -0.2) is 0 Å². The predicted octanol–water partition coefficient (Wildman–Crippen LogP) is 8.80. The quantitative estimate of drug-likeness (QED) is 0.155. The molecule has 4 nitrogen and oxygen atoms in total. The second kappa shape index (κ2) is 14.2. The van der Waals surface area contributed by atoms with Gasteiger partial charge in [0.05, 0.1) is 11.0 Å². The van der Waals surface area contributed by atoms with Gasteiger partial charge < -0.3 is 18.7 Å². The number of para-hydroxylation sites is 4. The smallest absolute Gasteiger partial charge is 0.388 e. The highest BCUT2D eigenvalue weighted by Gasteiger charge is 2.55. The Balaban J connectivity index is 1.25. The lowest BCUT2D eigenvalue weighted by Crippen LogP contribution is -2.86. The van der Waals surface area contributed by atoms with Gasteiger partial charge in [0.2, 0.25) is 0 Å². The van der Waals surface area contributed by atoms with Crippen molar-refractivity contribution in [3.8, 4) is 5.69 Å². The molecular formula is C48H37B3N4. The number of hydrogen-bond acceptors (Lipinski definition) is 3. The number of fused-ring (bicyclic) bond motifs is 3. The van der Waals surface area contributed by atoms with E-state index in [1.54, 1.807) is 0 Å². The van der Waals surface area contributed by atoms with E-state index in [2.05, 4.69) is 243 Å². The summed E-state index contributed by atoms with van der Waals surface area (Å²) in [4.78, 5) is 0. The molecule has 0 N–H and O–H groups in total. The summed E-state index contributed by atoms with van der Waals surface area (Å²) in [6.07, 6.45) is 0. The van der Waals surface area contributed by atoms with Crippen molar-refractivity contribution in [1.82, 2.24) is 4.57 Å². The normalized spacial score (nSPS) is 13.2. The van der Waals surface area contributed by atoms with Gasteiger partial charge in [0, 0.05) is 33.5 Å². The molecule has 0 aliphatic carbocycles. The van der Waals surface area contributed by atoms with E-state index in [4.69, 9.17) is 0 Å². The Morgan fingerprint density at radius 2 is 0.509 bits per heavy atom. The Kier molecular flexibility index (Phi) is 8.45. The second-order valence-corrected chi connectivity index (χ2v) is 14.1. The zero-order chi connectivity index (χ0) is 36.6. The fourth-order valence-electron chi connectivity index (χ4n) is 8.66. The van der Waals surface area contributed by atoms with Gasteiger partial charge in [-0.3, -0.25) is 0 Å². The zero-order valence-corrected chi connectivity index (χ0v) is 30.4. The Morgan fingerprint density at radius 3 is 0.873 bits per heavy atom. The third kappa shape index (κ3) is 5.76. The molecule has 8 aromatic carbocycles. The van der Waals surface area contributed by atoms with Crippen molar-refractivity contribution in [2.45, 2.75) is 0 Å². The summed E-state index contributed by atoms with van der Waals surface area (Å²) in [5.74, 6) is 0. The van der Waals surface area contributed by atoms with Crippen LogP contribution in [0.15, 0.2) is 224 Å². The third-order valence-electron chi connectivity index (χ3n) is 11.0. The van der Waals surface area contributed by atoms with Crippen LogP contribution < -0.4 is 30.6 Å². The molecule has 0 spiro atoms. The van der Waals surface area contributed by atoms with Crippen LogP contribution in [0, 0.1) is 0 Å². The number of anilines is 3. The molecular weight excluding hydrogens is 665 g/mol. The Labute approximate surface area is 323 Å². The molecule has 0 amide bonds. The summed E-state index contributed by atoms with van der Waals surface area (Å²) in [7, 11) is 0. The highest BCUT2D eigenvalue weighted by atomic mass is 15.3. The van der Waals surface area contributed by atoms with Gasteiger partial charge in [0.15, 0.2) is 0 Å². The van der Waals surface area contributed by atoms with Crippen LogP contribution in [0.5, 0.6) is 0 Å². The molecule has 55 heavy (non-hydrogen) atoms. The van der Waals surface area contributed by atoms with Gasteiger partial charge in [0.25, 0.3) is 0 Å². The van der Waals surface area contributed by atoms with Crippen LogP contribution in [0.1, 0.15) is 0 Å². The number of aromatic nitrogens is 1. The number of benzene rings is 8. The topological polar surface area (TPSA) is 14.7 Å². The van der Waals surface area contributed by atoms with Gasteiger partial charge in [0.1, 0.15) is 0 Å². The van der Waals surface area contributed by atoms with Crippen molar-refractivity contribution in [3.05, 3.63) is 224 Å². The molecule has 0 bridgehead atoms. The average molecular weight is 702 g/mol. The van der Waals surface area contributed by atoms with E-state index in [0.717, 1.165) is 22.7 Å². The molecule has 2 heterocycles. The fourth-order valence-corrected chi connectivity index (χ4v) is 8.66. The average Bonchev–Trinajstić information content (AvgIpc) is 3.61. The van der Waals surface area contributed by atoms with Gasteiger partial charge >= 0.3 is 20.9 Å². The molecule has 0 radical (unpaired) electrons. The van der Waals surface area contributed by atoms with Crippen LogP contribution in [0.2, 0.25) is 0 Å². The van der Waals surface area contributed by atoms with E-state index in [-0.39, 0.29) is 20.9 Å². The van der Waals surface area contributed by atoms with E-state index < -0.39 is 0 Å². The summed E-state index contributed by atoms with van der Waals surface area (Å²) in [5.41, 5.74) is 10.6. The van der Waals surface area contributed by atoms with E-state index in [9.17, 15) is 0 Å². The van der Waals surface area contributed by atoms with Crippen molar-refractivity contribution in [3.63, 3.8) is 0 Å². The molecule has 0 unspecified atom stereocenters. The molecule has 1 aromatic heterocycles. The Bertz CT molecular complexity index is 2530. The second-order valence-electron chi connectivity index (χ2n) is 14.1.